The van der Waals surface area contributed by atoms with Crippen LogP contribution in [0.1, 0.15) is 34.1 Å². The van der Waals surface area contributed by atoms with Gasteiger partial charge in [0.2, 0.25) is 0 Å². The highest BCUT2D eigenvalue weighted by molar-refractivity contribution is 6.22. The van der Waals surface area contributed by atoms with Crippen molar-refractivity contribution in [3.05, 3.63) is 23.3 Å². The average molecular weight is 173 g/mol. The van der Waals surface area contributed by atoms with Gasteiger partial charge in [0, 0.05) is 0 Å². The first-order chi connectivity index (χ1) is 5.07. The highest BCUT2D eigenvalue weighted by Gasteiger charge is 1.95. The van der Waals surface area contributed by atoms with Gasteiger partial charge < -0.3 is 0 Å². The number of hydrogen-bond acceptors (Lipinski definition) is 0. The topological polar surface area (TPSA) is 0 Å². The maximum absolute atomic E-state index is 5.86. The van der Waals surface area contributed by atoms with E-state index >= 15 is 0 Å². The van der Waals surface area contributed by atoms with Gasteiger partial charge in [-0.15, -0.1) is 11.6 Å². The second-order valence-corrected chi connectivity index (χ2v) is 3.55. The summed E-state index contributed by atoms with van der Waals surface area (Å²) >= 11 is 5.86. The zero-order chi connectivity index (χ0) is 8.85. The van der Waals surface area contributed by atoms with Crippen LogP contribution in [0.5, 0.6) is 0 Å². The summed E-state index contributed by atoms with van der Waals surface area (Å²) < 4.78 is 0. The highest BCUT2D eigenvalue weighted by Crippen LogP contribution is 2.09. The van der Waals surface area contributed by atoms with Crippen molar-refractivity contribution in [2.75, 3.05) is 0 Å². The Labute approximate surface area is 74.9 Å². The molecule has 0 saturated heterocycles. The Balaban J connectivity index is 4.11. The molecule has 0 radical (unpaired) electrons. The molecule has 0 saturated carbocycles. The summed E-state index contributed by atoms with van der Waals surface area (Å²) in [6, 6.07) is 0. The van der Waals surface area contributed by atoms with E-state index in [1.807, 2.05) is 6.92 Å². The van der Waals surface area contributed by atoms with Crippen LogP contribution in [-0.4, -0.2) is 5.38 Å². The van der Waals surface area contributed by atoms with E-state index in [0.29, 0.717) is 0 Å². The van der Waals surface area contributed by atoms with Crippen LogP contribution >= 0.6 is 11.6 Å². The Morgan fingerprint density at radius 1 is 1.36 bits per heavy atom. The van der Waals surface area contributed by atoms with Crippen molar-refractivity contribution in [3.8, 4) is 0 Å². The molecule has 0 aliphatic heterocycles. The van der Waals surface area contributed by atoms with Crippen molar-refractivity contribution in [3.63, 3.8) is 0 Å². The van der Waals surface area contributed by atoms with E-state index in [2.05, 4.69) is 32.9 Å². The molecule has 0 N–H and O–H groups in total. The zero-order valence-corrected chi connectivity index (χ0v) is 8.57. The summed E-state index contributed by atoms with van der Waals surface area (Å²) in [6.45, 7) is 8.32. The molecule has 0 aromatic carbocycles. The lowest BCUT2D eigenvalue weighted by Gasteiger charge is -2.00. The molecule has 0 aliphatic carbocycles. The molecule has 64 valence electrons. The average Bonchev–Trinajstić information content (AvgIpc) is 1.99. The Bertz CT molecular complexity index is 164. The highest BCUT2D eigenvalue weighted by atomic mass is 35.5. The number of halogens is 1. The monoisotopic (exact) mass is 172 g/mol. The van der Waals surface area contributed by atoms with Crippen LogP contribution in [0.3, 0.4) is 0 Å². The van der Waals surface area contributed by atoms with E-state index in [9.17, 15) is 0 Å². The van der Waals surface area contributed by atoms with E-state index < -0.39 is 0 Å². The fraction of sp³-hybridized carbons (Fsp3) is 0.600. The standard InChI is InChI=1S/C10H17Cl/c1-5-8(2)6-7-9(3)10(4)11/h6-7,10H,5H2,1-4H3. The van der Waals surface area contributed by atoms with Gasteiger partial charge in [-0.2, -0.15) is 0 Å². The summed E-state index contributed by atoms with van der Waals surface area (Å²) in [7, 11) is 0. The van der Waals surface area contributed by atoms with Crippen LogP contribution in [-0.2, 0) is 0 Å². The summed E-state index contributed by atoms with van der Waals surface area (Å²) in [4.78, 5) is 0. The van der Waals surface area contributed by atoms with Gasteiger partial charge in [-0.3, -0.25) is 0 Å². The summed E-state index contributed by atoms with van der Waals surface area (Å²) in [5.74, 6) is 0. The molecule has 0 nitrogen and oxygen atoms in total. The van der Waals surface area contributed by atoms with Gasteiger partial charge in [0.25, 0.3) is 0 Å². The molecule has 0 aliphatic rings. The molecule has 1 atom stereocenters. The van der Waals surface area contributed by atoms with E-state index in [1.165, 1.54) is 11.1 Å². The number of rotatable bonds is 3. The normalized spacial score (nSPS) is 16.8. The molecule has 0 amide bonds. The smallest absolute Gasteiger partial charge is 0.0517 e. The second kappa shape index (κ2) is 5.42. The first kappa shape index (κ1) is 10.8. The Morgan fingerprint density at radius 2 is 1.91 bits per heavy atom. The van der Waals surface area contributed by atoms with Crippen molar-refractivity contribution in [1.29, 1.82) is 0 Å². The second-order valence-electron chi connectivity index (χ2n) is 2.89. The minimum atomic E-state index is 0.149. The molecule has 0 aromatic heterocycles. The summed E-state index contributed by atoms with van der Waals surface area (Å²) in [5, 5.41) is 0.149. The third-order valence-electron chi connectivity index (χ3n) is 1.82. The number of hydrogen-bond donors (Lipinski definition) is 0. The summed E-state index contributed by atoms with van der Waals surface area (Å²) in [5.41, 5.74) is 2.61. The van der Waals surface area contributed by atoms with Crippen LogP contribution in [0.4, 0.5) is 0 Å². The molecule has 1 unspecified atom stereocenters. The molecule has 0 spiro atoms. The zero-order valence-electron chi connectivity index (χ0n) is 7.82. The van der Waals surface area contributed by atoms with Gasteiger partial charge in [-0.1, -0.05) is 30.2 Å². The number of alkyl halides is 1. The first-order valence-electron chi connectivity index (χ1n) is 4.06. The van der Waals surface area contributed by atoms with Crippen LogP contribution in [0.25, 0.3) is 0 Å². The third kappa shape index (κ3) is 5.09. The molecule has 0 aromatic rings. The van der Waals surface area contributed by atoms with Crippen LogP contribution in [0.2, 0.25) is 0 Å². The van der Waals surface area contributed by atoms with Crippen LogP contribution < -0.4 is 0 Å². The van der Waals surface area contributed by atoms with E-state index in [-0.39, 0.29) is 5.38 Å². The molecular formula is C10H17Cl. The summed E-state index contributed by atoms with van der Waals surface area (Å²) in [6.07, 6.45) is 5.34. The van der Waals surface area contributed by atoms with Crippen LogP contribution in [0.15, 0.2) is 23.3 Å². The van der Waals surface area contributed by atoms with Gasteiger partial charge in [0.1, 0.15) is 0 Å². The molecule has 0 heterocycles. The number of allylic oxidation sites excluding steroid dienone is 4. The quantitative estimate of drug-likeness (QED) is 0.447. The van der Waals surface area contributed by atoms with Gasteiger partial charge in [0.05, 0.1) is 5.38 Å². The van der Waals surface area contributed by atoms with Gasteiger partial charge >= 0.3 is 0 Å². The van der Waals surface area contributed by atoms with Crippen molar-refractivity contribution in [2.24, 2.45) is 0 Å². The lowest BCUT2D eigenvalue weighted by Crippen LogP contribution is -1.90. The Hall–Kier alpha value is -0.230. The maximum atomic E-state index is 5.86. The van der Waals surface area contributed by atoms with Gasteiger partial charge in [-0.25, -0.2) is 0 Å². The molecule has 0 rings (SSSR count). The largest absolute Gasteiger partial charge is 0.118 e. The van der Waals surface area contributed by atoms with Crippen LogP contribution in [0, 0.1) is 0 Å². The lowest BCUT2D eigenvalue weighted by atomic mass is 10.1. The van der Waals surface area contributed by atoms with Crippen molar-refractivity contribution < 1.29 is 0 Å². The fourth-order valence-electron chi connectivity index (χ4n) is 0.524. The van der Waals surface area contributed by atoms with Crippen molar-refractivity contribution in [2.45, 2.75) is 39.5 Å². The van der Waals surface area contributed by atoms with E-state index in [4.69, 9.17) is 11.6 Å². The Morgan fingerprint density at radius 3 is 2.27 bits per heavy atom. The minimum Gasteiger partial charge on any atom is -0.118 e. The minimum absolute atomic E-state index is 0.149. The molecule has 0 fully saturated rings. The fourth-order valence-corrected chi connectivity index (χ4v) is 0.597. The molecular weight excluding hydrogens is 156 g/mol. The Kier molecular flexibility index (Phi) is 5.31. The third-order valence-corrected chi connectivity index (χ3v) is 2.16. The predicted molar refractivity (Wildman–Crippen MR) is 53.1 cm³/mol. The van der Waals surface area contributed by atoms with Gasteiger partial charge in [-0.05, 0) is 27.2 Å². The maximum Gasteiger partial charge on any atom is 0.0517 e. The molecule has 11 heavy (non-hydrogen) atoms. The molecule has 0 bridgehead atoms. The lowest BCUT2D eigenvalue weighted by molar-refractivity contribution is 1.08. The van der Waals surface area contributed by atoms with E-state index in [0.717, 1.165) is 6.42 Å². The first-order valence-corrected chi connectivity index (χ1v) is 4.49. The van der Waals surface area contributed by atoms with E-state index in [1.54, 1.807) is 0 Å². The van der Waals surface area contributed by atoms with Gasteiger partial charge in [0.15, 0.2) is 0 Å². The SMILES string of the molecule is CCC(C)=CC=C(C)C(C)Cl. The van der Waals surface area contributed by atoms with Crippen molar-refractivity contribution in [1.82, 2.24) is 0 Å². The van der Waals surface area contributed by atoms with Crippen molar-refractivity contribution >= 4 is 11.6 Å². The molecule has 1 heteroatoms. The predicted octanol–water partition coefficient (Wildman–Crippen LogP) is 3.92.